The Morgan fingerprint density at radius 1 is 1.00 bits per heavy atom. The molecule has 0 radical (unpaired) electrons. The zero-order chi connectivity index (χ0) is 22.5. The van der Waals surface area contributed by atoms with E-state index in [1.807, 2.05) is 36.4 Å². The number of likely N-dealkylation sites (N-methyl/N-ethyl adjacent to an activating group) is 1. The molecule has 31 heavy (non-hydrogen) atoms. The van der Waals surface area contributed by atoms with Crippen LogP contribution < -0.4 is 16.0 Å². The number of aliphatic imine (C=N–C) groups is 1. The molecular formula is C23H31N5O2S. The van der Waals surface area contributed by atoms with E-state index in [1.54, 1.807) is 39.0 Å². The summed E-state index contributed by atoms with van der Waals surface area (Å²) in [6.45, 7) is 1.43. The molecular weight excluding hydrogens is 410 g/mol. The van der Waals surface area contributed by atoms with Gasteiger partial charge in [-0.25, -0.2) is 4.99 Å². The van der Waals surface area contributed by atoms with Crippen molar-refractivity contribution in [1.82, 2.24) is 20.9 Å². The minimum atomic E-state index is -0.100. The van der Waals surface area contributed by atoms with E-state index in [0.29, 0.717) is 24.6 Å². The molecule has 0 aliphatic rings. The van der Waals surface area contributed by atoms with Gasteiger partial charge < -0.3 is 20.9 Å². The highest BCUT2D eigenvalue weighted by molar-refractivity contribution is 7.99. The average molecular weight is 442 g/mol. The summed E-state index contributed by atoms with van der Waals surface area (Å²) in [7, 11) is 5.05. The van der Waals surface area contributed by atoms with Crippen molar-refractivity contribution in [3.8, 4) is 0 Å². The summed E-state index contributed by atoms with van der Waals surface area (Å²) in [5, 5.41) is 9.21. The summed E-state index contributed by atoms with van der Waals surface area (Å²) in [6.07, 6.45) is 0.728. The first-order valence-corrected chi connectivity index (χ1v) is 11.2. The molecule has 0 bridgehead atoms. The van der Waals surface area contributed by atoms with E-state index in [1.165, 1.54) is 9.80 Å². The molecule has 0 heterocycles. The lowest BCUT2D eigenvalue weighted by atomic mass is 10.1. The highest BCUT2D eigenvalue weighted by Gasteiger charge is 2.06. The number of benzene rings is 2. The SMILES string of the molecule is CNC(=O)c1cccc(CCNC(=NCC(=O)N(C)C)NCCSc2ccccc2)c1. The zero-order valence-electron chi connectivity index (χ0n) is 18.4. The smallest absolute Gasteiger partial charge is 0.251 e. The van der Waals surface area contributed by atoms with Crippen LogP contribution in [0, 0.1) is 0 Å². The minimum absolute atomic E-state index is 0.0574. The van der Waals surface area contributed by atoms with Gasteiger partial charge in [-0.15, -0.1) is 11.8 Å². The topological polar surface area (TPSA) is 85.8 Å². The van der Waals surface area contributed by atoms with Gasteiger partial charge in [-0.1, -0.05) is 30.3 Å². The molecule has 7 nitrogen and oxygen atoms in total. The Balaban J connectivity index is 1.88. The molecule has 0 spiro atoms. The Kier molecular flexibility index (Phi) is 10.4. The van der Waals surface area contributed by atoms with Gasteiger partial charge in [-0.3, -0.25) is 9.59 Å². The fourth-order valence-corrected chi connectivity index (χ4v) is 3.44. The lowest BCUT2D eigenvalue weighted by molar-refractivity contribution is -0.127. The number of nitrogens with one attached hydrogen (secondary N) is 3. The summed E-state index contributed by atoms with van der Waals surface area (Å²) in [4.78, 5) is 30.9. The fraction of sp³-hybridized carbons (Fsp3) is 0.348. The standard InChI is InChI=1S/C23H31N5O2S/c1-24-22(30)19-9-7-8-18(16-19)12-13-25-23(27-17-21(29)28(2)3)26-14-15-31-20-10-5-4-6-11-20/h4-11,16H,12-15,17H2,1-3H3,(H,24,30)(H2,25,26,27). The molecule has 2 rings (SSSR count). The molecule has 0 aliphatic heterocycles. The molecule has 3 N–H and O–H groups in total. The van der Waals surface area contributed by atoms with Gasteiger partial charge in [0, 0.05) is 50.4 Å². The van der Waals surface area contributed by atoms with Crippen molar-refractivity contribution < 1.29 is 9.59 Å². The van der Waals surface area contributed by atoms with Gasteiger partial charge in [0.15, 0.2) is 5.96 Å². The molecule has 0 aromatic heterocycles. The van der Waals surface area contributed by atoms with Crippen LogP contribution >= 0.6 is 11.8 Å². The van der Waals surface area contributed by atoms with Gasteiger partial charge in [-0.2, -0.15) is 0 Å². The lowest BCUT2D eigenvalue weighted by Crippen LogP contribution is -2.40. The van der Waals surface area contributed by atoms with Crippen LogP contribution in [-0.4, -0.2) is 69.2 Å². The molecule has 8 heteroatoms. The van der Waals surface area contributed by atoms with Crippen LogP contribution in [0.25, 0.3) is 0 Å². The Morgan fingerprint density at radius 2 is 1.74 bits per heavy atom. The van der Waals surface area contributed by atoms with Crippen LogP contribution in [0.1, 0.15) is 15.9 Å². The van der Waals surface area contributed by atoms with Gasteiger partial charge in [0.05, 0.1) is 0 Å². The summed E-state index contributed by atoms with van der Waals surface area (Å²) in [5.74, 6) is 1.32. The second-order valence-corrected chi connectivity index (χ2v) is 8.17. The number of hydrogen-bond acceptors (Lipinski definition) is 4. The van der Waals surface area contributed by atoms with Crippen molar-refractivity contribution in [3.63, 3.8) is 0 Å². The average Bonchev–Trinajstić information content (AvgIpc) is 2.79. The predicted molar refractivity (Wildman–Crippen MR) is 128 cm³/mol. The monoisotopic (exact) mass is 441 g/mol. The highest BCUT2D eigenvalue weighted by Crippen LogP contribution is 2.15. The molecule has 2 aromatic rings. The second kappa shape index (κ2) is 13.3. The largest absolute Gasteiger partial charge is 0.356 e. The second-order valence-electron chi connectivity index (χ2n) is 7.00. The summed E-state index contributed by atoms with van der Waals surface area (Å²) < 4.78 is 0. The van der Waals surface area contributed by atoms with E-state index >= 15 is 0 Å². The predicted octanol–water partition coefficient (Wildman–Crippen LogP) is 2.00. The maximum atomic E-state index is 11.9. The number of amides is 2. The van der Waals surface area contributed by atoms with Gasteiger partial charge in [-0.05, 0) is 36.2 Å². The number of hydrogen-bond donors (Lipinski definition) is 3. The lowest BCUT2D eigenvalue weighted by Gasteiger charge is -2.14. The van der Waals surface area contributed by atoms with E-state index in [2.05, 4.69) is 33.1 Å². The van der Waals surface area contributed by atoms with Gasteiger partial charge in [0.25, 0.3) is 5.91 Å². The number of rotatable bonds is 10. The molecule has 2 aromatic carbocycles. The Morgan fingerprint density at radius 3 is 2.45 bits per heavy atom. The van der Waals surface area contributed by atoms with Crippen molar-refractivity contribution >= 4 is 29.5 Å². The minimum Gasteiger partial charge on any atom is -0.356 e. The summed E-state index contributed by atoms with van der Waals surface area (Å²) in [5.41, 5.74) is 1.69. The van der Waals surface area contributed by atoms with Crippen molar-refractivity contribution in [2.45, 2.75) is 11.3 Å². The molecule has 166 valence electrons. The number of nitrogens with zero attached hydrogens (tertiary/aromatic N) is 2. The third-order valence-corrected chi connectivity index (χ3v) is 5.41. The van der Waals surface area contributed by atoms with E-state index in [-0.39, 0.29) is 18.4 Å². The third kappa shape index (κ3) is 9.13. The molecule has 0 fully saturated rings. The number of thioether (sulfide) groups is 1. The maximum absolute atomic E-state index is 11.9. The summed E-state index contributed by atoms with van der Waals surface area (Å²) in [6, 6.07) is 17.8. The fourth-order valence-electron chi connectivity index (χ4n) is 2.66. The van der Waals surface area contributed by atoms with Crippen molar-refractivity contribution in [1.29, 1.82) is 0 Å². The van der Waals surface area contributed by atoms with Crippen LogP contribution in [0.4, 0.5) is 0 Å². The van der Waals surface area contributed by atoms with Crippen LogP contribution in [0.3, 0.4) is 0 Å². The van der Waals surface area contributed by atoms with Crippen LogP contribution in [0.15, 0.2) is 64.5 Å². The van der Waals surface area contributed by atoms with Gasteiger partial charge in [0.1, 0.15) is 6.54 Å². The zero-order valence-corrected chi connectivity index (χ0v) is 19.2. The number of guanidine groups is 1. The Bertz CT molecular complexity index is 871. The van der Waals surface area contributed by atoms with E-state index in [9.17, 15) is 9.59 Å². The highest BCUT2D eigenvalue weighted by atomic mass is 32.2. The molecule has 0 unspecified atom stereocenters. The van der Waals surface area contributed by atoms with Gasteiger partial charge in [0.2, 0.25) is 5.91 Å². The van der Waals surface area contributed by atoms with E-state index in [0.717, 1.165) is 17.7 Å². The Labute approximate surface area is 188 Å². The molecule has 0 aliphatic carbocycles. The Hall–Kier alpha value is -3.00. The molecule has 0 saturated carbocycles. The normalized spacial score (nSPS) is 11.0. The van der Waals surface area contributed by atoms with Crippen molar-refractivity contribution in [2.75, 3.05) is 46.5 Å². The van der Waals surface area contributed by atoms with Gasteiger partial charge >= 0.3 is 0 Å². The first-order valence-electron chi connectivity index (χ1n) is 10.2. The quantitative estimate of drug-likeness (QED) is 0.227. The first-order chi connectivity index (χ1) is 15.0. The van der Waals surface area contributed by atoms with Crippen LogP contribution in [-0.2, 0) is 11.2 Å². The van der Waals surface area contributed by atoms with E-state index < -0.39 is 0 Å². The third-order valence-electron chi connectivity index (χ3n) is 4.40. The van der Waals surface area contributed by atoms with Crippen molar-refractivity contribution in [2.24, 2.45) is 4.99 Å². The maximum Gasteiger partial charge on any atom is 0.251 e. The summed E-state index contributed by atoms with van der Waals surface area (Å²) >= 11 is 1.76. The molecule has 2 amide bonds. The number of carbonyl (C=O) groups excluding carboxylic acids is 2. The van der Waals surface area contributed by atoms with Crippen LogP contribution in [0.2, 0.25) is 0 Å². The molecule has 0 saturated heterocycles. The van der Waals surface area contributed by atoms with Crippen LogP contribution in [0.5, 0.6) is 0 Å². The first kappa shape index (κ1) is 24.3. The van der Waals surface area contributed by atoms with Crippen molar-refractivity contribution in [3.05, 3.63) is 65.7 Å². The molecule has 0 atom stereocenters. The van der Waals surface area contributed by atoms with E-state index in [4.69, 9.17) is 0 Å². The number of carbonyl (C=O) groups is 2.